The van der Waals surface area contributed by atoms with Crippen LogP contribution in [0.25, 0.3) is 11.3 Å². The van der Waals surface area contributed by atoms with Crippen LogP contribution in [-0.2, 0) is 0 Å². The number of nitrogens with zero attached hydrogens (tertiary/aromatic N) is 2. The smallest absolute Gasteiger partial charge is 0.223 e. The van der Waals surface area contributed by atoms with Gasteiger partial charge in [-0.1, -0.05) is 12.1 Å². The number of hydrogen-bond donors (Lipinski definition) is 1. The van der Waals surface area contributed by atoms with E-state index in [2.05, 4.69) is 15.3 Å². The molecule has 4 nitrogen and oxygen atoms in total. The lowest BCUT2D eigenvalue weighted by molar-refractivity contribution is 0.243. The van der Waals surface area contributed by atoms with Crippen LogP contribution in [0.2, 0.25) is 0 Å². The topological polar surface area (TPSA) is 47.0 Å². The number of aromatic nitrogens is 2. The van der Waals surface area contributed by atoms with Crippen LogP contribution < -0.4 is 10.1 Å². The summed E-state index contributed by atoms with van der Waals surface area (Å²) in [6.07, 6.45) is 1.16. The van der Waals surface area contributed by atoms with E-state index in [-0.39, 0.29) is 11.8 Å². The largest absolute Gasteiger partial charge is 0.490 e. The molecule has 1 N–H and O–H groups in total. The van der Waals surface area contributed by atoms with Gasteiger partial charge in [-0.25, -0.2) is 14.4 Å². The molecule has 19 heavy (non-hydrogen) atoms. The second-order valence-electron chi connectivity index (χ2n) is 4.30. The van der Waals surface area contributed by atoms with Gasteiger partial charge in [0.25, 0.3) is 0 Å². The monoisotopic (exact) mass is 261 g/mol. The highest BCUT2D eigenvalue weighted by Gasteiger charge is 2.14. The molecule has 2 aromatic rings. The summed E-state index contributed by atoms with van der Waals surface area (Å²) in [7, 11) is 1.69. The summed E-state index contributed by atoms with van der Waals surface area (Å²) < 4.78 is 19.6. The second-order valence-corrected chi connectivity index (χ2v) is 4.30. The van der Waals surface area contributed by atoms with Crippen molar-refractivity contribution in [2.45, 2.75) is 20.0 Å². The summed E-state index contributed by atoms with van der Waals surface area (Å²) >= 11 is 0. The van der Waals surface area contributed by atoms with Gasteiger partial charge in [-0.05, 0) is 26.0 Å². The van der Waals surface area contributed by atoms with Crippen molar-refractivity contribution in [1.82, 2.24) is 9.97 Å². The van der Waals surface area contributed by atoms with Gasteiger partial charge in [0.15, 0.2) is 5.82 Å². The molecule has 0 saturated carbocycles. The number of benzene rings is 1. The lowest BCUT2D eigenvalue weighted by Gasteiger charge is -2.14. The van der Waals surface area contributed by atoms with Gasteiger partial charge in [-0.2, -0.15) is 0 Å². The Labute approximate surface area is 111 Å². The van der Waals surface area contributed by atoms with E-state index >= 15 is 0 Å². The van der Waals surface area contributed by atoms with Gasteiger partial charge in [0.1, 0.15) is 11.4 Å². The fourth-order valence-corrected chi connectivity index (χ4v) is 1.70. The van der Waals surface area contributed by atoms with Crippen LogP contribution in [0.1, 0.15) is 13.8 Å². The van der Waals surface area contributed by atoms with Crippen molar-refractivity contribution >= 4 is 5.95 Å². The number of halogens is 1. The average molecular weight is 261 g/mol. The number of anilines is 1. The Morgan fingerprint density at radius 1 is 1.26 bits per heavy atom. The minimum absolute atomic E-state index is 0.00909. The Hall–Kier alpha value is -2.17. The highest BCUT2D eigenvalue weighted by Crippen LogP contribution is 2.31. The molecular formula is C14H16FN3O. The van der Waals surface area contributed by atoms with Crippen LogP contribution >= 0.6 is 0 Å². The molecule has 0 atom stereocenters. The van der Waals surface area contributed by atoms with Gasteiger partial charge in [-0.15, -0.1) is 0 Å². The maximum atomic E-state index is 13.9. The van der Waals surface area contributed by atoms with E-state index in [9.17, 15) is 4.39 Å². The summed E-state index contributed by atoms with van der Waals surface area (Å²) in [4.78, 5) is 7.99. The van der Waals surface area contributed by atoms with Crippen molar-refractivity contribution in [2.75, 3.05) is 12.4 Å². The molecule has 0 spiro atoms. The van der Waals surface area contributed by atoms with Crippen LogP contribution in [0.15, 0.2) is 30.5 Å². The summed E-state index contributed by atoms with van der Waals surface area (Å²) in [6, 6.07) is 7.25. The molecule has 0 saturated heterocycles. The minimum Gasteiger partial charge on any atom is -0.490 e. The molecule has 0 aliphatic rings. The number of hydrogen-bond acceptors (Lipinski definition) is 4. The highest BCUT2D eigenvalue weighted by atomic mass is 19.1. The third kappa shape index (κ3) is 2.99. The minimum atomic E-state index is -0.473. The van der Waals surface area contributed by atoms with Crippen molar-refractivity contribution in [3.05, 3.63) is 36.3 Å². The van der Waals surface area contributed by atoms with Crippen molar-refractivity contribution in [1.29, 1.82) is 0 Å². The van der Waals surface area contributed by atoms with Crippen LogP contribution in [0.4, 0.5) is 10.3 Å². The molecule has 5 heteroatoms. The van der Waals surface area contributed by atoms with Gasteiger partial charge in [0, 0.05) is 12.6 Å². The zero-order valence-corrected chi connectivity index (χ0v) is 11.1. The van der Waals surface area contributed by atoms with E-state index in [1.54, 1.807) is 19.2 Å². The number of rotatable bonds is 4. The van der Waals surface area contributed by atoms with E-state index in [4.69, 9.17) is 4.74 Å². The van der Waals surface area contributed by atoms with E-state index in [0.717, 1.165) is 6.20 Å². The van der Waals surface area contributed by atoms with Gasteiger partial charge in [0.05, 0.1) is 12.3 Å². The first-order valence-electron chi connectivity index (χ1n) is 6.08. The van der Waals surface area contributed by atoms with Crippen LogP contribution in [0, 0.1) is 5.82 Å². The number of nitrogens with one attached hydrogen (secondary N) is 1. The number of para-hydroxylation sites is 1. The van der Waals surface area contributed by atoms with Crippen molar-refractivity contribution in [2.24, 2.45) is 0 Å². The van der Waals surface area contributed by atoms with Crippen LogP contribution in [0.3, 0.4) is 0 Å². The lowest BCUT2D eigenvalue weighted by Crippen LogP contribution is -2.07. The molecule has 0 unspecified atom stereocenters. The zero-order valence-electron chi connectivity index (χ0n) is 11.1. The molecule has 1 heterocycles. The Kier molecular flexibility index (Phi) is 3.94. The molecule has 0 amide bonds. The molecular weight excluding hydrogens is 245 g/mol. The van der Waals surface area contributed by atoms with Gasteiger partial charge in [-0.3, -0.25) is 0 Å². The fourth-order valence-electron chi connectivity index (χ4n) is 1.70. The molecule has 100 valence electrons. The van der Waals surface area contributed by atoms with E-state index in [0.29, 0.717) is 17.3 Å². The first-order chi connectivity index (χ1) is 9.11. The van der Waals surface area contributed by atoms with E-state index in [1.165, 1.54) is 0 Å². The third-order valence-corrected chi connectivity index (χ3v) is 2.47. The van der Waals surface area contributed by atoms with Crippen molar-refractivity contribution in [3.63, 3.8) is 0 Å². The van der Waals surface area contributed by atoms with Gasteiger partial charge >= 0.3 is 0 Å². The predicted octanol–water partition coefficient (Wildman–Crippen LogP) is 3.11. The molecule has 0 aliphatic heterocycles. The van der Waals surface area contributed by atoms with Crippen LogP contribution in [-0.4, -0.2) is 23.1 Å². The summed E-state index contributed by atoms with van der Waals surface area (Å²) in [6.45, 7) is 3.85. The van der Waals surface area contributed by atoms with E-state index in [1.807, 2.05) is 26.0 Å². The maximum Gasteiger partial charge on any atom is 0.223 e. The average Bonchev–Trinajstić information content (AvgIpc) is 2.40. The first-order valence-corrected chi connectivity index (χ1v) is 6.08. The zero-order chi connectivity index (χ0) is 13.8. The Balaban J connectivity index is 2.52. The van der Waals surface area contributed by atoms with Crippen LogP contribution in [0.5, 0.6) is 5.75 Å². The Morgan fingerprint density at radius 3 is 2.68 bits per heavy atom. The summed E-state index contributed by atoms with van der Waals surface area (Å²) in [5, 5.41) is 2.79. The fraction of sp³-hybridized carbons (Fsp3) is 0.286. The molecule has 0 fully saturated rings. The molecule has 0 radical (unpaired) electrons. The number of ether oxygens (including phenoxy) is 1. The van der Waals surface area contributed by atoms with Crippen molar-refractivity contribution in [3.8, 4) is 17.0 Å². The molecule has 0 bridgehead atoms. The summed E-state index contributed by atoms with van der Waals surface area (Å²) in [5.74, 6) is 0.506. The Morgan fingerprint density at radius 2 is 2.00 bits per heavy atom. The molecule has 0 aliphatic carbocycles. The second kappa shape index (κ2) is 5.65. The quantitative estimate of drug-likeness (QED) is 0.918. The maximum absolute atomic E-state index is 13.9. The summed E-state index contributed by atoms with van der Waals surface area (Å²) in [5.41, 5.74) is 0.850. The molecule has 2 rings (SSSR count). The van der Waals surface area contributed by atoms with E-state index < -0.39 is 5.82 Å². The highest BCUT2D eigenvalue weighted by molar-refractivity contribution is 5.68. The Bertz CT molecular complexity index is 572. The van der Waals surface area contributed by atoms with Gasteiger partial charge in [0.2, 0.25) is 5.95 Å². The first kappa shape index (κ1) is 13.3. The predicted molar refractivity (Wildman–Crippen MR) is 72.7 cm³/mol. The standard InChI is InChI=1S/C14H16FN3O/c1-9(2)19-12-7-5-4-6-10(12)13-11(15)8-17-14(16-3)18-13/h4-9H,1-3H3,(H,16,17,18). The lowest BCUT2D eigenvalue weighted by atomic mass is 10.1. The van der Waals surface area contributed by atoms with Crippen molar-refractivity contribution < 1.29 is 9.13 Å². The SMILES string of the molecule is CNc1ncc(F)c(-c2ccccc2OC(C)C)n1. The normalized spacial score (nSPS) is 10.6. The third-order valence-electron chi connectivity index (χ3n) is 2.47. The molecule has 1 aromatic heterocycles. The van der Waals surface area contributed by atoms with Gasteiger partial charge < -0.3 is 10.1 Å². The molecule has 1 aromatic carbocycles.